The van der Waals surface area contributed by atoms with Crippen LogP contribution in [0.1, 0.15) is 39.2 Å². The van der Waals surface area contributed by atoms with Crippen LogP contribution in [0.4, 0.5) is 0 Å². The molecule has 1 aromatic rings. The lowest BCUT2D eigenvalue weighted by molar-refractivity contribution is 0.0263. The van der Waals surface area contributed by atoms with Gasteiger partial charge < -0.3 is 19.7 Å². The lowest BCUT2D eigenvalue weighted by Crippen LogP contribution is -2.47. The van der Waals surface area contributed by atoms with Gasteiger partial charge in [0, 0.05) is 38.5 Å². The molecule has 142 valence electrons. The first kappa shape index (κ1) is 22.0. The van der Waals surface area contributed by atoms with Gasteiger partial charge in [0.15, 0.2) is 5.96 Å². The van der Waals surface area contributed by atoms with E-state index in [0.717, 1.165) is 50.6 Å². The van der Waals surface area contributed by atoms with Gasteiger partial charge >= 0.3 is 0 Å². The summed E-state index contributed by atoms with van der Waals surface area (Å²) in [5, 5.41) is 3.40. The summed E-state index contributed by atoms with van der Waals surface area (Å²) in [7, 11) is 0. The average molecular weight is 462 g/mol. The number of piperidine rings is 1. The van der Waals surface area contributed by atoms with E-state index < -0.39 is 0 Å². The zero-order chi connectivity index (χ0) is 17.2. The van der Waals surface area contributed by atoms with E-state index in [1.54, 1.807) is 6.20 Å². The molecule has 0 saturated carbocycles. The van der Waals surface area contributed by atoms with Crippen LogP contribution in [0.3, 0.4) is 0 Å². The number of nitrogens with zero attached hydrogens (tertiary/aromatic N) is 3. The van der Waals surface area contributed by atoms with E-state index in [9.17, 15) is 0 Å². The Morgan fingerprint density at radius 3 is 2.68 bits per heavy atom. The van der Waals surface area contributed by atoms with Gasteiger partial charge in [-0.15, -0.1) is 24.0 Å². The van der Waals surface area contributed by atoms with E-state index in [2.05, 4.69) is 29.0 Å². The molecule has 1 aliphatic heterocycles. The third kappa shape index (κ3) is 7.35. The molecule has 0 aromatic carbocycles. The van der Waals surface area contributed by atoms with E-state index in [4.69, 9.17) is 14.5 Å². The Morgan fingerprint density at radius 2 is 2.04 bits per heavy atom. The molecule has 2 rings (SSSR count). The smallest absolute Gasteiger partial charge is 0.213 e. The molecule has 0 bridgehead atoms. The number of hydrogen-bond donors (Lipinski definition) is 1. The molecule has 7 heteroatoms. The third-order valence-electron chi connectivity index (χ3n) is 3.98. The first-order chi connectivity index (χ1) is 11.8. The molecule has 0 spiro atoms. The maximum atomic E-state index is 5.73. The number of halogens is 1. The molecule has 1 saturated heterocycles. The van der Waals surface area contributed by atoms with Crippen LogP contribution in [-0.4, -0.2) is 54.8 Å². The maximum Gasteiger partial charge on any atom is 0.213 e. The summed E-state index contributed by atoms with van der Waals surface area (Å²) >= 11 is 0. The van der Waals surface area contributed by atoms with Gasteiger partial charge in [-0.05, 0) is 45.2 Å². The van der Waals surface area contributed by atoms with Crippen molar-refractivity contribution in [3.05, 3.63) is 23.9 Å². The average Bonchev–Trinajstić information content (AvgIpc) is 2.60. The van der Waals surface area contributed by atoms with Gasteiger partial charge in [0.05, 0.1) is 19.3 Å². The maximum absolute atomic E-state index is 5.73. The fourth-order valence-electron chi connectivity index (χ4n) is 2.84. The van der Waals surface area contributed by atoms with Crippen LogP contribution >= 0.6 is 24.0 Å². The van der Waals surface area contributed by atoms with Gasteiger partial charge in [-0.1, -0.05) is 0 Å². The molecule has 1 aliphatic rings. The number of aliphatic imine (C=N–C) groups is 1. The monoisotopic (exact) mass is 462 g/mol. The van der Waals surface area contributed by atoms with Crippen molar-refractivity contribution in [2.24, 2.45) is 4.99 Å². The van der Waals surface area contributed by atoms with Gasteiger partial charge in [-0.25, -0.2) is 9.98 Å². The van der Waals surface area contributed by atoms with Crippen molar-refractivity contribution < 1.29 is 9.47 Å². The third-order valence-corrected chi connectivity index (χ3v) is 3.98. The standard InChI is InChI=1S/C18H30N4O2.HI/c1-4-19-18(22-11-8-16(9-12-22)23-5-2)21-14-15-7-10-20-17(13-15)24-6-3;/h7,10,13,16H,4-6,8-9,11-12,14H2,1-3H3,(H,19,21);1H. The van der Waals surface area contributed by atoms with Crippen molar-refractivity contribution in [2.45, 2.75) is 46.3 Å². The summed E-state index contributed by atoms with van der Waals surface area (Å²) in [5.74, 6) is 1.63. The summed E-state index contributed by atoms with van der Waals surface area (Å²) in [5.41, 5.74) is 1.10. The summed E-state index contributed by atoms with van der Waals surface area (Å²) in [6.07, 6.45) is 4.28. The van der Waals surface area contributed by atoms with Crippen LogP contribution in [0.2, 0.25) is 0 Å². The highest BCUT2D eigenvalue weighted by Gasteiger charge is 2.21. The topological polar surface area (TPSA) is 59.0 Å². The van der Waals surface area contributed by atoms with Crippen LogP contribution in [0.5, 0.6) is 5.88 Å². The SMILES string of the molecule is CCNC(=NCc1ccnc(OCC)c1)N1CCC(OCC)CC1.I. The lowest BCUT2D eigenvalue weighted by atomic mass is 10.1. The minimum absolute atomic E-state index is 0. The van der Waals surface area contributed by atoms with Gasteiger partial charge in [-0.3, -0.25) is 0 Å². The van der Waals surface area contributed by atoms with Crippen LogP contribution in [-0.2, 0) is 11.3 Å². The Morgan fingerprint density at radius 1 is 1.28 bits per heavy atom. The molecule has 2 heterocycles. The summed E-state index contributed by atoms with van der Waals surface area (Å²) in [6.45, 7) is 11.0. The van der Waals surface area contributed by atoms with Crippen molar-refractivity contribution in [3.63, 3.8) is 0 Å². The van der Waals surface area contributed by atoms with E-state index in [0.29, 0.717) is 25.1 Å². The number of guanidine groups is 1. The van der Waals surface area contributed by atoms with Gasteiger partial charge in [0.25, 0.3) is 0 Å². The summed E-state index contributed by atoms with van der Waals surface area (Å²) < 4.78 is 11.2. The second-order valence-electron chi connectivity index (χ2n) is 5.75. The molecule has 1 aromatic heterocycles. The Balaban J connectivity index is 0.00000312. The Hall–Kier alpha value is -1.09. The van der Waals surface area contributed by atoms with Crippen molar-refractivity contribution in [3.8, 4) is 5.88 Å². The van der Waals surface area contributed by atoms with Crippen LogP contribution in [0.25, 0.3) is 0 Å². The number of nitrogens with one attached hydrogen (secondary N) is 1. The largest absolute Gasteiger partial charge is 0.478 e. The van der Waals surface area contributed by atoms with Crippen LogP contribution in [0.15, 0.2) is 23.3 Å². The minimum atomic E-state index is 0. The molecule has 1 fully saturated rings. The number of likely N-dealkylation sites (tertiary alicyclic amines) is 1. The number of hydrogen-bond acceptors (Lipinski definition) is 4. The van der Waals surface area contributed by atoms with E-state index in [1.807, 2.05) is 19.1 Å². The van der Waals surface area contributed by atoms with E-state index >= 15 is 0 Å². The highest BCUT2D eigenvalue weighted by atomic mass is 127. The molecule has 6 nitrogen and oxygen atoms in total. The molecule has 0 radical (unpaired) electrons. The van der Waals surface area contributed by atoms with Gasteiger partial charge in [-0.2, -0.15) is 0 Å². The van der Waals surface area contributed by atoms with Crippen molar-refractivity contribution in [2.75, 3.05) is 32.8 Å². The van der Waals surface area contributed by atoms with Crippen molar-refractivity contribution >= 4 is 29.9 Å². The minimum Gasteiger partial charge on any atom is -0.478 e. The first-order valence-corrected chi connectivity index (χ1v) is 8.99. The summed E-state index contributed by atoms with van der Waals surface area (Å²) in [4.78, 5) is 11.3. The number of pyridine rings is 1. The quantitative estimate of drug-likeness (QED) is 0.384. The van der Waals surface area contributed by atoms with Gasteiger partial charge in [0.2, 0.25) is 5.88 Å². The summed E-state index contributed by atoms with van der Waals surface area (Å²) in [6, 6.07) is 3.94. The molecule has 0 amide bonds. The lowest BCUT2D eigenvalue weighted by Gasteiger charge is -2.34. The molecular weight excluding hydrogens is 431 g/mol. The number of rotatable bonds is 7. The fourth-order valence-corrected chi connectivity index (χ4v) is 2.84. The predicted molar refractivity (Wildman–Crippen MR) is 112 cm³/mol. The Bertz CT molecular complexity index is 520. The molecule has 0 atom stereocenters. The normalized spacial score (nSPS) is 15.6. The van der Waals surface area contributed by atoms with Crippen LogP contribution in [0, 0.1) is 0 Å². The molecule has 0 aliphatic carbocycles. The molecular formula is C18H31IN4O2. The van der Waals surface area contributed by atoms with Crippen LogP contribution < -0.4 is 10.1 Å². The van der Waals surface area contributed by atoms with E-state index in [-0.39, 0.29) is 24.0 Å². The number of aromatic nitrogens is 1. The Labute approximate surface area is 168 Å². The van der Waals surface area contributed by atoms with Crippen molar-refractivity contribution in [1.82, 2.24) is 15.2 Å². The van der Waals surface area contributed by atoms with Crippen molar-refractivity contribution in [1.29, 1.82) is 0 Å². The highest BCUT2D eigenvalue weighted by Crippen LogP contribution is 2.15. The predicted octanol–water partition coefficient (Wildman–Crippen LogP) is 3.06. The molecule has 1 N–H and O–H groups in total. The fraction of sp³-hybridized carbons (Fsp3) is 0.667. The second-order valence-corrected chi connectivity index (χ2v) is 5.75. The zero-order valence-corrected chi connectivity index (χ0v) is 17.9. The number of ether oxygens (including phenoxy) is 2. The Kier molecular flexibility index (Phi) is 10.8. The molecule has 0 unspecified atom stereocenters. The second kappa shape index (κ2) is 12.3. The zero-order valence-electron chi connectivity index (χ0n) is 15.5. The first-order valence-electron chi connectivity index (χ1n) is 8.99. The molecule has 25 heavy (non-hydrogen) atoms. The van der Waals surface area contributed by atoms with E-state index in [1.165, 1.54) is 0 Å². The van der Waals surface area contributed by atoms with Gasteiger partial charge in [0.1, 0.15) is 0 Å². The highest BCUT2D eigenvalue weighted by molar-refractivity contribution is 14.0.